The molecule has 0 radical (unpaired) electrons. The minimum Gasteiger partial charge on any atom is -0.324 e. The lowest BCUT2D eigenvalue weighted by molar-refractivity contribution is 0.466. The Hall–Kier alpha value is -0.860. The van der Waals surface area contributed by atoms with E-state index >= 15 is 0 Å². The fraction of sp³-hybridized carbons (Fsp3) is 0.600. The maximum absolute atomic E-state index is 6.50. The van der Waals surface area contributed by atoms with Crippen LogP contribution in [0.3, 0.4) is 0 Å². The Labute approximate surface area is 105 Å². The number of hydrogen-bond acceptors (Lipinski definition) is 2. The van der Waals surface area contributed by atoms with Crippen molar-refractivity contribution in [2.24, 2.45) is 11.7 Å². The number of rotatable bonds is 2. The van der Waals surface area contributed by atoms with Crippen molar-refractivity contribution in [2.45, 2.75) is 40.2 Å². The van der Waals surface area contributed by atoms with Gasteiger partial charge >= 0.3 is 0 Å². The Morgan fingerprint density at radius 1 is 1.18 bits per heavy atom. The summed E-state index contributed by atoms with van der Waals surface area (Å²) in [5, 5.41) is 3.41. The van der Waals surface area contributed by atoms with Crippen LogP contribution in [-0.4, -0.2) is 13.1 Å². The van der Waals surface area contributed by atoms with Gasteiger partial charge in [-0.1, -0.05) is 6.07 Å². The lowest BCUT2D eigenvalue weighted by Crippen LogP contribution is -2.25. The normalized spacial score (nSPS) is 21.8. The number of hydrogen-bond donors (Lipinski definition) is 2. The lowest BCUT2D eigenvalue weighted by Gasteiger charge is -2.25. The highest BCUT2D eigenvalue weighted by Gasteiger charge is 2.26. The standard InChI is InChI=1S/C15H24N2/c1-9-7-10(2)12(4)14(11(9)3)15(16)13-5-6-17-8-13/h7,13,15,17H,5-6,8,16H2,1-4H3. The molecule has 2 rings (SSSR count). The van der Waals surface area contributed by atoms with Crippen LogP contribution >= 0.6 is 0 Å². The molecule has 1 heterocycles. The minimum absolute atomic E-state index is 0.184. The molecule has 0 aromatic heterocycles. The Balaban J connectivity index is 2.42. The van der Waals surface area contributed by atoms with Gasteiger partial charge in [0.05, 0.1) is 0 Å². The first-order chi connectivity index (χ1) is 8.02. The molecule has 0 spiro atoms. The molecule has 2 unspecified atom stereocenters. The fourth-order valence-corrected chi connectivity index (χ4v) is 2.97. The molecule has 0 saturated carbocycles. The average Bonchev–Trinajstić information content (AvgIpc) is 2.80. The molecule has 0 aliphatic carbocycles. The number of aryl methyl sites for hydroxylation is 2. The predicted octanol–water partition coefficient (Wildman–Crippen LogP) is 2.53. The third-order valence-electron chi connectivity index (χ3n) is 4.36. The Kier molecular flexibility index (Phi) is 3.55. The first-order valence-electron chi connectivity index (χ1n) is 6.56. The van der Waals surface area contributed by atoms with Crippen molar-refractivity contribution in [3.05, 3.63) is 33.9 Å². The molecule has 1 aromatic carbocycles. The summed E-state index contributed by atoms with van der Waals surface area (Å²) in [6.07, 6.45) is 1.20. The molecule has 1 saturated heterocycles. The van der Waals surface area contributed by atoms with E-state index in [-0.39, 0.29) is 6.04 Å². The molecule has 1 aliphatic rings. The number of benzene rings is 1. The molecule has 3 N–H and O–H groups in total. The summed E-state index contributed by atoms with van der Waals surface area (Å²) in [5.74, 6) is 0.591. The average molecular weight is 232 g/mol. The van der Waals surface area contributed by atoms with Gasteiger partial charge in [-0.05, 0) is 80.9 Å². The van der Waals surface area contributed by atoms with Gasteiger partial charge in [-0.3, -0.25) is 0 Å². The van der Waals surface area contributed by atoms with Gasteiger partial charge in [0.15, 0.2) is 0 Å². The van der Waals surface area contributed by atoms with Gasteiger partial charge < -0.3 is 11.1 Å². The summed E-state index contributed by atoms with van der Waals surface area (Å²) in [4.78, 5) is 0. The van der Waals surface area contributed by atoms with E-state index in [1.807, 2.05) is 0 Å². The van der Waals surface area contributed by atoms with Gasteiger partial charge in [0.25, 0.3) is 0 Å². The highest BCUT2D eigenvalue weighted by atomic mass is 14.9. The summed E-state index contributed by atoms with van der Waals surface area (Å²) in [6, 6.07) is 2.46. The molecule has 17 heavy (non-hydrogen) atoms. The Morgan fingerprint density at radius 2 is 1.76 bits per heavy atom. The number of nitrogens with one attached hydrogen (secondary N) is 1. The maximum atomic E-state index is 6.50. The zero-order valence-corrected chi connectivity index (χ0v) is 11.4. The van der Waals surface area contributed by atoms with Crippen LogP contribution in [0.2, 0.25) is 0 Å². The topological polar surface area (TPSA) is 38.0 Å². The molecule has 0 amide bonds. The first kappa shape index (κ1) is 12.6. The SMILES string of the molecule is Cc1cc(C)c(C)c(C(N)C2CCNC2)c1C. The van der Waals surface area contributed by atoms with E-state index in [9.17, 15) is 0 Å². The van der Waals surface area contributed by atoms with Gasteiger partial charge in [-0.2, -0.15) is 0 Å². The van der Waals surface area contributed by atoms with Crippen LogP contribution in [0.4, 0.5) is 0 Å². The third-order valence-corrected chi connectivity index (χ3v) is 4.36. The van der Waals surface area contributed by atoms with E-state index < -0.39 is 0 Å². The van der Waals surface area contributed by atoms with Gasteiger partial charge in [0.1, 0.15) is 0 Å². The van der Waals surface area contributed by atoms with Crippen LogP contribution in [0, 0.1) is 33.6 Å². The zero-order valence-electron chi connectivity index (χ0n) is 11.4. The molecule has 2 atom stereocenters. The van der Waals surface area contributed by atoms with Crippen molar-refractivity contribution < 1.29 is 0 Å². The van der Waals surface area contributed by atoms with E-state index in [1.54, 1.807) is 0 Å². The van der Waals surface area contributed by atoms with Crippen LogP contribution in [-0.2, 0) is 0 Å². The largest absolute Gasteiger partial charge is 0.324 e. The molecular weight excluding hydrogens is 208 g/mol. The van der Waals surface area contributed by atoms with Crippen molar-refractivity contribution in [3.63, 3.8) is 0 Å². The van der Waals surface area contributed by atoms with Gasteiger partial charge in [-0.15, -0.1) is 0 Å². The Morgan fingerprint density at radius 3 is 2.24 bits per heavy atom. The first-order valence-corrected chi connectivity index (χ1v) is 6.56. The molecule has 94 valence electrons. The molecular formula is C15H24N2. The predicted molar refractivity (Wildman–Crippen MR) is 73.3 cm³/mol. The van der Waals surface area contributed by atoms with Gasteiger partial charge in [0.2, 0.25) is 0 Å². The van der Waals surface area contributed by atoms with Crippen LogP contribution in [0.15, 0.2) is 6.07 Å². The van der Waals surface area contributed by atoms with E-state index in [1.165, 1.54) is 34.2 Å². The van der Waals surface area contributed by atoms with Crippen molar-refractivity contribution >= 4 is 0 Å². The van der Waals surface area contributed by atoms with Crippen molar-refractivity contribution in [3.8, 4) is 0 Å². The molecule has 0 bridgehead atoms. The van der Waals surface area contributed by atoms with E-state index in [4.69, 9.17) is 5.73 Å². The van der Waals surface area contributed by atoms with Crippen molar-refractivity contribution in [2.75, 3.05) is 13.1 Å². The van der Waals surface area contributed by atoms with Crippen LogP contribution < -0.4 is 11.1 Å². The monoisotopic (exact) mass is 232 g/mol. The molecule has 2 nitrogen and oxygen atoms in total. The summed E-state index contributed by atoms with van der Waals surface area (Å²) in [5.41, 5.74) is 13.4. The molecule has 1 aromatic rings. The van der Waals surface area contributed by atoms with Gasteiger partial charge in [0, 0.05) is 6.04 Å². The second-order valence-corrected chi connectivity index (χ2v) is 5.45. The molecule has 2 heteroatoms. The summed E-state index contributed by atoms with van der Waals surface area (Å²) in [7, 11) is 0. The lowest BCUT2D eigenvalue weighted by atomic mass is 9.84. The quantitative estimate of drug-likeness (QED) is 0.822. The third kappa shape index (κ3) is 2.24. The zero-order chi connectivity index (χ0) is 12.6. The summed E-state index contributed by atoms with van der Waals surface area (Å²) >= 11 is 0. The highest BCUT2D eigenvalue weighted by molar-refractivity contribution is 5.45. The highest BCUT2D eigenvalue weighted by Crippen LogP contribution is 2.32. The smallest absolute Gasteiger partial charge is 0.0341 e. The van der Waals surface area contributed by atoms with Crippen molar-refractivity contribution in [1.29, 1.82) is 0 Å². The van der Waals surface area contributed by atoms with E-state index in [2.05, 4.69) is 39.1 Å². The Bertz CT molecular complexity index is 391. The number of nitrogens with two attached hydrogens (primary N) is 1. The fourth-order valence-electron chi connectivity index (χ4n) is 2.97. The van der Waals surface area contributed by atoms with Crippen LogP contribution in [0.25, 0.3) is 0 Å². The minimum atomic E-state index is 0.184. The molecule has 1 fully saturated rings. The second-order valence-electron chi connectivity index (χ2n) is 5.45. The maximum Gasteiger partial charge on any atom is 0.0341 e. The summed E-state index contributed by atoms with van der Waals surface area (Å²) < 4.78 is 0. The summed E-state index contributed by atoms with van der Waals surface area (Å²) in [6.45, 7) is 11.0. The van der Waals surface area contributed by atoms with Crippen molar-refractivity contribution in [1.82, 2.24) is 5.32 Å². The van der Waals surface area contributed by atoms with Crippen LogP contribution in [0.1, 0.15) is 40.3 Å². The van der Waals surface area contributed by atoms with Gasteiger partial charge in [-0.25, -0.2) is 0 Å². The molecule has 1 aliphatic heterocycles. The van der Waals surface area contributed by atoms with E-state index in [0.717, 1.165) is 13.1 Å². The second kappa shape index (κ2) is 4.79. The van der Waals surface area contributed by atoms with Crippen LogP contribution in [0.5, 0.6) is 0 Å². The van der Waals surface area contributed by atoms with E-state index in [0.29, 0.717) is 5.92 Å².